The lowest BCUT2D eigenvalue weighted by atomic mass is 10.1. The second-order valence-electron chi connectivity index (χ2n) is 7.11. The molecular weight excluding hydrogens is 520 g/mol. The van der Waals surface area contributed by atoms with Crippen molar-refractivity contribution in [1.29, 1.82) is 0 Å². The molecule has 0 atom stereocenters. The highest BCUT2D eigenvalue weighted by Crippen LogP contribution is 2.25. The summed E-state index contributed by atoms with van der Waals surface area (Å²) in [7, 11) is -4.28. The molecular formula is C23H18Cl2FN3O5S. The first-order valence-corrected chi connectivity index (χ1v) is 12.1. The third kappa shape index (κ3) is 6.64. The molecule has 12 heteroatoms. The number of carboxylic acid groups (broad SMARTS) is 1. The number of nitrogens with zero attached hydrogens (tertiary/aromatic N) is 2. The average molecular weight is 538 g/mol. The Morgan fingerprint density at radius 3 is 2.37 bits per heavy atom. The van der Waals surface area contributed by atoms with Gasteiger partial charge >= 0.3 is 5.97 Å². The van der Waals surface area contributed by atoms with Crippen LogP contribution in [-0.4, -0.2) is 42.5 Å². The molecule has 0 unspecified atom stereocenters. The van der Waals surface area contributed by atoms with Crippen molar-refractivity contribution in [3.8, 4) is 0 Å². The molecule has 0 heterocycles. The van der Waals surface area contributed by atoms with Gasteiger partial charge in [-0.15, -0.1) is 0 Å². The number of amides is 1. The number of hydrogen-bond acceptors (Lipinski definition) is 5. The Morgan fingerprint density at radius 2 is 1.71 bits per heavy atom. The fraction of sp³-hybridized carbons (Fsp3) is 0.0870. The SMILES string of the molecule is O=C(CN(Cc1c(F)cccc1Cl)S(=O)(=O)c1ccc(Cl)cc1)N/N=C\c1ccccc1C(=O)O. The van der Waals surface area contributed by atoms with E-state index in [2.05, 4.69) is 10.5 Å². The van der Waals surface area contributed by atoms with Crippen molar-refractivity contribution in [2.75, 3.05) is 6.54 Å². The number of benzene rings is 3. The average Bonchev–Trinajstić information content (AvgIpc) is 2.81. The minimum absolute atomic E-state index is 0.00925. The Balaban J connectivity index is 1.86. The van der Waals surface area contributed by atoms with Gasteiger partial charge in [-0.1, -0.05) is 47.5 Å². The molecule has 182 valence electrons. The van der Waals surface area contributed by atoms with Crippen molar-refractivity contribution in [2.24, 2.45) is 5.10 Å². The van der Waals surface area contributed by atoms with E-state index in [-0.39, 0.29) is 26.6 Å². The number of aromatic carboxylic acids is 1. The quantitative estimate of drug-likeness (QED) is 0.314. The Hall–Kier alpha value is -3.31. The minimum Gasteiger partial charge on any atom is -0.478 e. The Morgan fingerprint density at radius 1 is 1.03 bits per heavy atom. The number of halogens is 3. The van der Waals surface area contributed by atoms with Crippen LogP contribution in [0.1, 0.15) is 21.5 Å². The van der Waals surface area contributed by atoms with Crippen LogP contribution in [0.5, 0.6) is 0 Å². The van der Waals surface area contributed by atoms with Crippen LogP contribution >= 0.6 is 23.2 Å². The summed E-state index contributed by atoms with van der Waals surface area (Å²) in [6, 6.07) is 15.1. The summed E-state index contributed by atoms with van der Waals surface area (Å²) in [6.45, 7) is -1.26. The van der Waals surface area contributed by atoms with Crippen molar-refractivity contribution >= 4 is 51.3 Å². The zero-order chi connectivity index (χ0) is 25.6. The molecule has 35 heavy (non-hydrogen) atoms. The first-order chi connectivity index (χ1) is 16.6. The van der Waals surface area contributed by atoms with Gasteiger partial charge < -0.3 is 5.11 Å². The van der Waals surface area contributed by atoms with E-state index in [0.717, 1.165) is 16.6 Å². The molecule has 0 aliphatic heterocycles. The van der Waals surface area contributed by atoms with Crippen molar-refractivity contribution in [1.82, 2.24) is 9.73 Å². The highest BCUT2D eigenvalue weighted by atomic mass is 35.5. The van der Waals surface area contributed by atoms with Gasteiger partial charge in [0.25, 0.3) is 5.91 Å². The number of nitrogens with one attached hydrogen (secondary N) is 1. The third-order valence-electron chi connectivity index (χ3n) is 4.75. The van der Waals surface area contributed by atoms with E-state index in [1.165, 1.54) is 54.6 Å². The number of hydrogen-bond donors (Lipinski definition) is 2. The van der Waals surface area contributed by atoms with Crippen molar-refractivity contribution in [3.05, 3.63) is 99.3 Å². The van der Waals surface area contributed by atoms with Crippen LogP contribution in [0.3, 0.4) is 0 Å². The lowest BCUT2D eigenvalue weighted by molar-refractivity contribution is -0.121. The van der Waals surface area contributed by atoms with E-state index in [1.54, 1.807) is 6.07 Å². The van der Waals surface area contributed by atoms with Gasteiger partial charge in [-0.2, -0.15) is 9.41 Å². The van der Waals surface area contributed by atoms with Gasteiger partial charge in [0.2, 0.25) is 10.0 Å². The zero-order valence-corrected chi connectivity index (χ0v) is 20.2. The van der Waals surface area contributed by atoms with E-state index < -0.39 is 40.8 Å². The first kappa shape index (κ1) is 26.3. The Kier molecular flexibility index (Phi) is 8.57. The van der Waals surface area contributed by atoms with Crippen LogP contribution in [0.4, 0.5) is 4.39 Å². The summed E-state index contributed by atoms with van der Waals surface area (Å²) in [4.78, 5) is 23.7. The molecule has 1 amide bonds. The summed E-state index contributed by atoms with van der Waals surface area (Å²) in [6.07, 6.45) is 1.12. The molecule has 3 rings (SSSR count). The highest BCUT2D eigenvalue weighted by molar-refractivity contribution is 7.89. The third-order valence-corrected chi connectivity index (χ3v) is 7.16. The lowest BCUT2D eigenvalue weighted by Gasteiger charge is -2.22. The lowest BCUT2D eigenvalue weighted by Crippen LogP contribution is -2.39. The van der Waals surface area contributed by atoms with Crippen LogP contribution in [0, 0.1) is 5.82 Å². The van der Waals surface area contributed by atoms with Crippen LogP contribution in [0.2, 0.25) is 10.0 Å². The van der Waals surface area contributed by atoms with Gasteiger partial charge in [-0.3, -0.25) is 4.79 Å². The first-order valence-electron chi connectivity index (χ1n) is 9.92. The smallest absolute Gasteiger partial charge is 0.336 e. The van der Waals surface area contributed by atoms with Crippen LogP contribution in [0.15, 0.2) is 76.7 Å². The van der Waals surface area contributed by atoms with E-state index in [0.29, 0.717) is 5.02 Å². The number of sulfonamides is 1. The monoisotopic (exact) mass is 537 g/mol. The minimum atomic E-state index is -4.28. The molecule has 3 aromatic rings. The van der Waals surface area contributed by atoms with Gasteiger partial charge in [0.05, 0.1) is 23.2 Å². The molecule has 0 aromatic heterocycles. The fourth-order valence-corrected chi connectivity index (χ4v) is 4.73. The maximum atomic E-state index is 14.4. The highest BCUT2D eigenvalue weighted by Gasteiger charge is 2.28. The number of carbonyl (C=O) groups excluding carboxylic acids is 1. The van der Waals surface area contributed by atoms with Gasteiger partial charge in [0.1, 0.15) is 5.82 Å². The molecule has 3 aromatic carbocycles. The normalized spacial score (nSPS) is 11.7. The molecule has 0 radical (unpaired) electrons. The summed E-state index contributed by atoms with van der Waals surface area (Å²) >= 11 is 11.9. The number of carboxylic acids is 1. The maximum Gasteiger partial charge on any atom is 0.336 e. The van der Waals surface area contributed by atoms with E-state index in [1.807, 2.05) is 0 Å². The molecule has 0 spiro atoms. The van der Waals surface area contributed by atoms with E-state index >= 15 is 0 Å². The van der Waals surface area contributed by atoms with Gasteiger partial charge in [0.15, 0.2) is 0 Å². The topological polar surface area (TPSA) is 116 Å². The molecule has 0 aliphatic rings. The number of carbonyl (C=O) groups is 2. The summed E-state index contributed by atoms with van der Waals surface area (Å²) in [5.41, 5.74) is 2.24. The molecule has 0 saturated heterocycles. The molecule has 0 saturated carbocycles. The number of hydrazone groups is 1. The Labute approximate surface area is 210 Å². The molecule has 0 aliphatic carbocycles. The van der Waals surface area contributed by atoms with E-state index in [9.17, 15) is 27.5 Å². The summed E-state index contributed by atoms with van der Waals surface area (Å²) in [5, 5.41) is 13.2. The maximum absolute atomic E-state index is 14.4. The summed E-state index contributed by atoms with van der Waals surface area (Å²) in [5.74, 6) is -2.77. The standard InChI is InChI=1S/C23H18Cl2FN3O5S/c24-16-8-10-17(11-9-16)35(33,34)29(13-19-20(25)6-3-7-21(19)26)14-22(30)28-27-12-15-4-1-2-5-18(15)23(31)32/h1-12H,13-14H2,(H,28,30)(H,31,32)/b27-12-. The molecule has 0 bridgehead atoms. The second kappa shape index (κ2) is 11.4. The number of rotatable bonds is 9. The summed E-state index contributed by atoms with van der Waals surface area (Å²) < 4.78 is 41.6. The van der Waals surface area contributed by atoms with Crippen LogP contribution in [-0.2, 0) is 21.4 Å². The van der Waals surface area contributed by atoms with E-state index in [4.69, 9.17) is 23.2 Å². The zero-order valence-electron chi connectivity index (χ0n) is 17.9. The van der Waals surface area contributed by atoms with Crippen LogP contribution < -0.4 is 5.43 Å². The predicted octanol–water partition coefficient (Wildman–Crippen LogP) is 4.17. The molecule has 0 fully saturated rings. The second-order valence-corrected chi connectivity index (χ2v) is 9.89. The molecule has 2 N–H and O–H groups in total. The van der Waals surface area contributed by atoms with Crippen LogP contribution in [0.25, 0.3) is 0 Å². The fourth-order valence-electron chi connectivity index (χ4n) is 3.01. The predicted molar refractivity (Wildman–Crippen MR) is 130 cm³/mol. The van der Waals surface area contributed by atoms with Gasteiger partial charge in [-0.25, -0.2) is 23.0 Å². The van der Waals surface area contributed by atoms with Crippen molar-refractivity contribution < 1.29 is 27.5 Å². The van der Waals surface area contributed by atoms with Crippen molar-refractivity contribution in [3.63, 3.8) is 0 Å². The molecule has 8 nitrogen and oxygen atoms in total. The van der Waals surface area contributed by atoms with Gasteiger partial charge in [0, 0.05) is 27.7 Å². The van der Waals surface area contributed by atoms with Crippen molar-refractivity contribution in [2.45, 2.75) is 11.4 Å². The Bertz CT molecular complexity index is 1360. The van der Waals surface area contributed by atoms with Gasteiger partial charge in [-0.05, 0) is 42.5 Å². The largest absolute Gasteiger partial charge is 0.478 e.